The Morgan fingerprint density at radius 1 is 0.618 bits per heavy atom. The minimum absolute atomic E-state index is 0.139. The molecule has 2 saturated heterocycles. The van der Waals surface area contributed by atoms with Gasteiger partial charge in [-0.2, -0.15) is 0 Å². The highest BCUT2D eigenvalue weighted by Gasteiger charge is 2.48. The average Bonchev–Trinajstić information content (AvgIpc) is 3.11. The number of ether oxygens (including phenoxy) is 6. The molecule has 55 heavy (non-hydrogen) atoms. The second-order valence-corrected chi connectivity index (χ2v) is 18.8. The molecule has 10 nitrogen and oxygen atoms in total. The Kier molecular flexibility index (Phi) is 15.4. The van der Waals surface area contributed by atoms with Crippen LogP contribution in [0.5, 0.6) is 11.5 Å². The van der Waals surface area contributed by atoms with Crippen LogP contribution in [0, 0.1) is 30.1 Å². The molecule has 0 amide bonds. The van der Waals surface area contributed by atoms with Crippen LogP contribution in [0.2, 0.25) is 0 Å². The fourth-order valence-corrected chi connectivity index (χ4v) is 6.71. The molecule has 0 unspecified atom stereocenters. The second-order valence-electron chi connectivity index (χ2n) is 18.8. The summed E-state index contributed by atoms with van der Waals surface area (Å²) >= 11 is 0. The molecule has 0 aliphatic carbocycles. The number of hydrogen-bond donors (Lipinski definition) is 2. The molecule has 2 N–H and O–H groups in total. The monoisotopic (exact) mass is 770 g/mol. The van der Waals surface area contributed by atoms with E-state index in [1.165, 1.54) is 0 Å². The van der Waals surface area contributed by atoms with Gasteiger partial charge in [-0.05, 0) is 70.9 Å². The fourth-order valence-electron chi connectivity index (χ4n) is 6.71. The van der Waals surface area contributed by atoms with Crippen molar-refractivity contribution in [2.24, 2.45) is 16.2 Å². The molecular formula is C45H70O10. The summed E-state index contributed by atoms with van der Waals surface area (Å²) in [7, 11) is 0. The van der Waals surface area contributed by atoms with Gasteiger partial charge >= 0.3 is 11.9 Å². The van der Waals surface area contributed by atoms with Gasteiger partial charge in [-0.1, -0.05) is 107 Å². The first-order valence-electron chi connectivity index (χ1n) is 19.9. The predicted molar refractivity (Wildman–Crippen MR) is 214 cm³/mol. The van der Waals surface area contributed by atoms with Crippen molar-refractivity contribution in [2.45, 2.75) is 146 Å². The Hall–Kier alpha value is -3.18. The number of aryl methyl sites for hydroxylation is 4. The Morgan fingerprint density at radius 3 is 1.22 bits per heavy atom. The van der Waals surface area contributed by atoms with Gasteiger partial charge < -0.3 is 38.6 Å². The Labute approximate surface area is 330 Å². The number of benzene rings is 2. The lowest BCUT2D eigenvalue weighted by atomic mass is 9.83. The smallest absolute Gasteiger partial charge is 0.306 e. The van der Waals surface area contributed by atoms with Gasteiger partial charge in [0.05, 0.1) is 31.8 Å². The molecule has 4 rings (SSSR count). The molecule has 2 fully saturated rings. The van der Waals surface area contributed by atoms with E-state index in [2.05, 4.69) is 41.5 Å². The van der Waals surface area contributed by atoms with Gasteiger partial charge in [0.2, 0.25) is 0 Å². The van der Waals surface area contributed by atoms with Crippen LogP contribution in [0.1, 0.15) is 129 Å². The molecule has 310 valence electrons. The van der Waals surface area contributed by atoms with E-state index < -0.39 is 28.8 Å². The highest BCUT2D eigenvalue weighted by Crippen LogP contribution is 2.40. The molecule has 0 radical (unpaired) electrons. The number of carbonyl (C=O) groups excluding carboxylic acids is 2. The van der Waals surface area contributed by atoms with Crippen molar-refractivity contribution in [3.63, 3.8) is 0 Å². The van der Waals surface area contributed by atoms with Crippen molar-refractivity contribution in [3.8, 4) is 11.5 Å². The molecule has 1 spiro atoms. The first kappa shape index (κ1) is 46.2. The van der Waals surface area contributed by atoms with Crippen molar-refractivity contribution in [2.75, 3.05) is 39.6 Å². The van der Waals surface area contributed by atoms with E-state index in [9.17, 15) is 19.8 Å². The minimum atomic E-state index is -0.591. The van der Waals surface area contributed by atoms with Gasteiger partial charge in [-0.25, -0.2) is 0 Å². The van der Waals surface area contributed by atoms with Gasteiger partial charge in [-0.3, -0.25) is 9.59 Å². The number of phenols is 2. The van der Waals surface area contributed by atoms with Gasteiger partial charge in [0.1, 0.15) is 24.7 Å². The number of hydrogen-bond acceptors (Lipinski definition) is 10. The van der Waals surface area contributed by atoms with Gasteiger partial charge in [0, 0.05) is 23.7 Å². The number of rotatable bonds is 12. The predicted octanol–water partition coefficient (Wildman–Crippen LogP) is 8.77. The Bertz CT molecular complexity index is 1470. The third-order valence-corrected chi connectivity index (χ3v) is 10.2. The Balaban J connectivity index is 0.00000399. The molecule has 0 bridgehead atoms. The molecule has 2 heterocycles. The Morgan fingerprint density at radius 2 is 0.927 bits per heavy atom. The van der Waals surface area contributed by atoms with Gasteiger partial charge in [0.25, 0.3) is 0 Å². The van der Waals surface area contributed by atoms with Crippen LogP contribution in [-0.2, 0) is 61.7 Å². The lowest BCUT2D eigenvalue weighted by molar-refractivity contribution is -0.337. The maximum atomic E-state index is 12.7. The van der Waals surface area contributed by atoms with Crippen LogP contribution >= 0.6 is 0 Å². The highest BCUT2D eigenvalue weighted by molar-refractivity contribution is 5.70. The molecule has 2 aromatic rings. The zero-order valence-electron chi connectivity index (χ0n) is 36.2. The van der Waals surface area contributed by atoms with E-state index >= 15 is 0 Å². The summed E-state index contributed by atoms with van der Waals surface area (Å²) in [4.78, 5) is 25.5. The largest absolute Gasteiger partial charge is 0.507 e. The highest BCUT2D eigenvalue weighted by atomic mass is 16.7. The van der Waals surface area contributed by atoms with Crippen LogP contribution in [0.3, 0.4) is 0 Å². The average molecular weight is 771 g/mol. The molecular weight excluding hydrogens is 700 g/mol. The second kappa shape index (κ2) is 18.4. The van der Waals surface area contributed by atoms with Crippen LogP contribution in [0.4, 0.5) is 0 Å². The maximum absolute atomic E-state index is 12.7. The summed E-state index contributed by atoms with van der Waals surface area (Å²) in [6.07, 6.45) is 0.332. The molecule has 2 aromatic carbocycles. The van der Waals surface area contributed by atoms with Gasteiger partial charge in [0.15, 0.2) is 12.6 Å². The van der Waals surface area contributed by atoms with E-state index in [0.717, 1.165) is 33.4 Å². The van der Waals surface area contributed by atoms with E-state index in [0.29, 0.717) is 50.8 Å². The molecule has 2 aliphatic heterocycles. The quantitative estimate of drug-likeness (QED) is 0.202. The zero-order chi connectivity index (χ0) is 41.6. The van der Waals surface area contributed by atoms with E-state index in [-0.39, 0.29) is 48.8 Å². The summed E-state index contributed by atoms with van der Waals surface area (Å²) in [6, 6.07) is 7.79. The third-order valence-electron chi connectivity index (χ3n) is 10.2. The van der Waals surface area contributed by atoms with E-state index in [1.54, 1.807) is 0 Å². The number of phenolic OH excluding ortho intramolecular Hbond substituents is 2. The number of esters is 2. The normalized spacial score (nSPS) is 20.8. The van der Waals surface area contributed by atoms with Crippen molar-refractivity contribution in [3.05, 3.63) is 57.6 Å². The molecule has 2 aliphatic rings. The van der Waals surface area contributed by atoms with Crippen LogP contribution in [0.15, 0.2) is 24.3 Å². The number of carbonyl (C=O) groups is 2. The first-order chi connectivity index (χ1) is 25.4. The standard InChI is InChI=1S/C43H64O10.C2H6/c1-27-17-29(19-31(35(27)46)39(3,4)5)13-15-33(44)48-21-41(9,10)37-50-23-43(24-51-37)25-52-38(53-26-43)42(11,12)22-49-34(45)16-14-30-18-28(2)36(47)32(20-30)40(6,7)8;1-2/h17-20,37-38,46-47H,13-16,21-26H2,1-12H3;1-2H3. The lowest BCUT2D eigenvalue weighted by Gasteiger charge is -2.48. The van der Waals surface area contributed by atoms with Crippen molar-refractivity contribution in [1.82, 2.24) is 0 Å². The van der Waals surface area contributed by atoms with Crippen molar-refractivity contribution in [1.29, 1.82) is 0 Å². The summed E-state index contributed by atoms with van der Waals surface area (Å²) in [5.74, 6) is 0.00206. The molecule has 0 saturated carbocycles. The summed E-state index contributed by atoms with van der Waals surface area (Å²) in [5.41, 5.74) is 3.20. The lowest BCUT2D eigenvalue weighted by Crippen LogP contribution is -2.57. The van der Waals surface area contributed by atoms with Crippen LogP contribution in [0.25, 0.3) is 0 Å². The minimum Gasteiger partial charge on any atom is -0.507 e. The van der Waals surface area contributed by atoms with Crippen LogP contribution in [-0.4, -0.2) is 74.4 Å². The number of aromatic hydroxyl groups is 2. The summed E-state index contributed by atoms with van der Waals surface area (Å²) < 4.78 is 36.1. The van der Waals surface area contributed by atoms with Crippen molar-refractivity contribution < 1.29 is 48.2 Å². The topological polar surface area (TPSA) is 130 Å². The van der Waals surface area contributed by atoms with Crippen molar-refractivity contribution >= 4 is 11.9 Å². The molecule has 0 atom stereocenters. The van der Waals surface area contributed by atoms with E-state index in [4.69, 9.17) is 28.4 Å². The van der Waals surface area contributed by atoms with Gasteiger partial charge in [-0.15, -0.1) is 0 Å². The van der Waals surface area contributed by atoms with Crippen LogP contribution < -0.4 is 0 Å². The van der Waals surface area contributed by atoms with E-state index in [1.807, 2.05) is 79.7 Å². The SMILES string of the molecule is CC.Cc1cc(CCC(=O)OCC(C)(C)C2OCC3(CO2)COC(C(C)(C)COC(=O)CCc2cc(C)c(O)c(C(C)(C)C)c2)OC3)cc(C(C)(C)C)c1O. The zero-order valence-corrected chi connectivity index (χ0v) is 36.2. The maximum Gasteiger partial charge on any atom is 0.306 e. The first-order valence-corrected chi connectivity index (χ1v) is 19.9. The summed E-state index contributed by atoms with van der Waals surface area (Å²) in [6.45, 7) is 29.6. The molecule has 10 heteroatoms. The fraction of sp³-hybridized carbons (Fsp3) is 0.689. The summed E-state index contributed by atoms with van der Waals surface area (Å²) in [5, 5.41) is 21.0. The molecule has 0 aromatic heterocycles. The third kappa shape index (κ3) is 12.4.